The number of carboxylic acids is 1. The standard InChI is InChI=1S/C14H14O4/c15-12(7-8-13(16)17)11-6-5-9-3-1-2-4-10(9)14(11)18/h1-4,11H,5-8H2,(H,16,17). The van der Waals surface area contributed by atoms with E-state index in [0.29, 0.717) is 18.4 Å². The molecular formula is C14H14O4. The van der Waals surface area contributed by atoms with Gasteiger partial charge in [0.2, 0.25) is 0 Å². The number of carbonyl (C=O) groups is 3. The Morgan fingerprint density at radius 3 is 2.67 bits per heavy atom. The molecule has 0 radical (unpaired) electrons. The topological polar surface area (TPSA) is 71.4 Å². The molecule has 0 amide bonds. The van der Waals surface area contributed by atoms with E-state index in [9.17, 15) is 14.4 Å². The first kappa shape index (κ1) is 12.5. The summed E-state index contributed by atoms with van der Waals surface area (Å²) in [6.45, 7) is 0. The summed E-state index contributed by atoms with van der Waals surface area (Å²) >= 11 is 0. The summed E-state index contributed by atoms with van der Waals surface area (Å²) in [6.07, 6.45) is 0.928. The highest BCUT2D eigenvalue weighted by Gasteiger charge is 2.32. The highest BCUT2D eigenvalue weighted by atomic mass is 16.4. The van der Waals surface area contributed by atoms with Gasteiger partial charge in [-0.1, -0.05) is 24.3 Å². The van der Waals surface area contributed by atoms with Crippen LogP contribution in [0.5, 0.6) is 0 Å². The van der Waals surface area contributed by atoms with Gasteiger partial charge < -0.3 is 5.11 Å². The Morgan fingerprint density at radius 2 is 1.94 bits per heavy atom. The van der Waals surface area contributed by atoms with Crippen molar-refractivity contribution in [2.45, 2.75) is 25.7 Å². The zero-order chi connectivity index (χ0) is 13.1. The van der Waals surface area contributed by atoms with Crippen LogP contribution < -0.4 is 0 Å². The third kappa shape index (κ3) is 2.47. The molecule has 0 bridgehead atoms. The van der Waals surface area contributed by atoms with E-state index in [1.165, 1.54) is 0 Å². The van der Waals surface area contributed by atoms with Gasteiger partial charge in [0.15, 0.2) is 5.78 Å². The summed E-state index contributed by atoms with van der Waals surface area (Å²) in [5.41, 5.74) is 1.59. The minimum Gasteiger partial charge on any atom is -0.481 e. The molecule has 0 fully saturated rings. The lowest BCUT2D eigenvalue weighted by molar-refractivity contribution is -0.138. The van der Waals surface area contributed by atoms with E-state index >= 15 is 0 Å². The van der Waals surface area contributed by atoms with Crippen molar-refractivity contribution < 1.29 is 19.5 Å². The van der Waals surface area contributed by atoms with Crippen molar-refractivity contribution in [2.24, 2.45) is 5.92 Å². The van der Waals surface area contributed by atoms with E-state index in [1.54, 1.807) is 12.1 Å². The zero-order valence-corrected chi connectivity index (χ0v) is 9.89. The Labute approximate surface area is 105 Å². The summed E-state index contributed by atoms with van der Waals surface area (Å²) in [4.78, 5) is 34.4. The third-order valence-electron chi connectivity index (χ3n) is 3.28. The van der Waals surface area contributed by atoms with Crippen LogP contribution in [0.3, 0.4) is 0 Å². The maximum Gasteiger partial charge on any atom is 0.303 e. The normalized spacial score (nSPS) is 18.2. The number of hydrogen-bond donors (Lipinski definition) is 1. The summed E-state index contributed by atoms with van der Waals surface area (Å²) in [5, 5.41) is 8.55. The fourth-order valence-corrected chi connectivity index (χ4v) is 2.31. The molecule has 0 aromatic heterocycles. The van der Waals surface area contributed by atoms with Gasteiger partial charge in [0.1, 0.15) is 5.78 Å². The Balaban J connectivity index is 2.12. The quantitative estimate of drug-likeness (QED) is 0.823. The van der Waals surface area contributed by atoms with E-state index in [-0.39, 0.29) is 24.4 Å². The number of benzene rings is 1. The molecule has 4 nitrogen and oxygen atoms in total. The van der Waals surface area contributed by atoms with Crippen LogP contribution in [-0.4, -0.2) is 22.6 Å². The first-order chi connectivity index (χ1) is 8.59. The molecule has 0 spiro atoms. The SMILES string of the molecule is O=C(O)CCC(=O)C1CCc2ccccc2C1=O. The smallest absolute Gasteiger partial charge is 0.303 e. The molecule has 1 N–H and O–H groups in total. The molecule has 94 valence electrons. The van der Waals surface area contributed by atoms with E-state index < -0.39 is 11.9 Å². The summed E-state index contributed by atoms with van der Waals surface area (Å²) in [6, 6.07) is 7.28. The van der Waals surface area contributed by atoms with Gasteiger partial charge in [-0.2, -0.15) is 0 Å². The van der Waals surface area contributed by atoms with Crippen LogP contribution in [0, 0.1) is 5.92 Å². The minimum absolute atomic E-state index is 0.0616. The maximum atomic E-state index is 12.1. The second kappa shape index (κ2) is 5.12. The molecule has 1 aromatic carbocycles. The average molecular weight is 246 g/mol. The monoisotopic (exact) mass is 246 g/mol. The zero-order valence-electron chi connectivity index (χ0n) is 9.89. The van der Waals surface area contributed by atoms with Crippen molar-refractivity contribution in [2.75, 3.05) is 0 Å². The van der Waals surface area contributed by atoms with Crippen molar-refractivity contribution in [3.05, 3.63) is 35.4 Å². The third-order valence-corrected chi connectivity index (χ3v) is 3.28. The van der Waals surface area contributed by atoms with E-state index in [2.05, 4.69) is 0 Å². The highest BCUT2D eigenvalue weighted by molar-refractivity contribution is 6.12. The number of Topliss-reactive ketones (excluding diaryl/α,β-unsaturated/α-hetero) is 2. The Hall–Kier alpha value is -1.97. The molecule has 0 aliphatic heterocycles. The molecule has 1 aromatic rings. The van der Waals surface area contributed by atoms with Crippen LogP contribution in [0.25, 0.3) is 0 Å². The predicted molar refractivity (Wildman–Crippen MR) is 64.5 cm³/mol. The molecule has 4 heteroatoms. The van der Waals surface area contributed by atoms with Crippen LogP contribution in [0.4, 0.5) is 0 Å². The van der Waals surface area contributed by atoms with Gasteiger partial charge >= 0.3 is 5.97 Å². The van der Waals surface area contributed by atoms with Crippen LogP contribution in [0.1, 0.15) is 35.2 Å². The molecule has 18 heavy (non-hydrogen) atoms. The highest BCUT2D eigenvalue weighted by Crippen LogP contribution is 2.26. The van der Waals surface area contributed by atoms with Gasteiger partial charge in [-0.25, -0.2) is 0 Å². The van der Waals surface area contributed by atoms with Crippen molar-refractivity contribution >= 4 is 17.5 Å². The average Bonchev–Trinajstić information content (AvgIpc) is 2.37. The number of aryl methyl sites for hydroxylation is 1. The first-order valence-corrected chi connectivity index (χ1v) is 5.96. The fourth-order valence-electron chi connectivity index (χ4n) is 2.31. The number of rotatable bonds is 4. The predicted octanol–water partition coefficient (Wildman–Crippen LogP) is 1.87. The maximum absolute atomic E-state index is 12.1. The number of hydrogen-bond acceptors (Lipinski definition) is 3. The lowest BCUT2D eigenvalue weighted by Crippen LogP contribution is -2.29. The van der Waals surface area contributed by atoms with Crippen molar-refractivity contribution in [3.8, 4) is 0 Å². The molecule has 1 aliphatic carbocycles. The van der Waals surface area contributed by atoms with E-state index in [1.807, 2.05) is 12.1 Å². The molecular weight excluding hydrogens is 232 g/mol. The Bertz CT molecular complexity index is 504. The summed E-state index contributed by atoms with van der Waals surface area (Å²) < 4.78 is 0. The van der Waals surface area contributed by atoms with Gasteiger partial charge in [0, 0.05) is 12.0 Å². The van der Waals surface area contributed by atoms with E-state index in [4.69, 9.17) is 5.11 Å². The van der Waals surface area contributed by atoms with E-state index in [0.717, 1.165) is 5.56 Å². The molecule has 0 heterocycles. The second-order valence-electron chi connectivity index (χ2n) is 4.47. The van der Waals surface area contributed by atoms with Gasteiger partial charge in [-0.05, 0) is 18.4 Å². The van der Waals surface area contributed by atoms with Crippen LogP contribution in [0.15, 0.2) is 24.3 Å². The fraction of sp³-hybridized carbons (Fsp3) is 0.357. The van der Waals surface area contributed by atoms with Crippen LogP contribution in [-0.2, 0) is 16.0 Å². The molecule has 1 atom stereocenters. The van der Waals surface area contributed by atoms with Gasteiger partial charge in [-0.15, -0.1) is 0 Å². The largest absolute Gasteiger partial charge is 0.481 e. The van der Waals surface area contributed by atoms with Crippen molar-refractivity contribution in [3.63, 3.8) is 0 Å². The Morgan fingerprint density at radius 1 is 1.22 bits per heavy atom. The van der Waals surface area contributed by atoms with Crippen molar-refractivity contribution in [1.29, 1.82) is 0 Å². The molecule has 1 aliphatic rings. The van der Waals surface area contributed by atoms with Gasteiger partial charge in [0.05, 0.1) is 12.3 Å². The summed E-state index contributed by atoms with van der Waals surface area (Å²) in [7, 11) is 0. The number of fused-ring (bicyclic) bond motifs is 1. The molecule has 0 saturated carbocycles. The lowest BCUT2D eigenvalue weighted by Gasteiger charge is -2.21. The number of carbonyl (C=O) groups excluding carboxylic acids is 2. The molecule has 1 unspecified atom stereocenters. The second-order valence-corrected chi connectivity index (χ2v) is 4.47. The van der Waals surface area contributed by atoms with Gasteiger partial charge in [-0.3, -0.25) is 14.4 Å². The van der Waals surface area contributed by atoms with Crippen LogP contribution >= 0.6 is 0 Å². The van der Waals surface area contributed by atoms with Crippen molar-refractivity contribution in [1.82, 2.24) is 0 Å². The Kier molecular flexibility index (Phi) is 3.55. The first-order valence-electron chi connectivity index (χ1n) is 5.96. The molecule has 0 saturated heterocycles. The number of ketones is 2. The minimum atomic E-state index is -1.01. The number of aliphatic carboxylic acids is 1. The van der Waals surface area contributed by atoms with Crippen LogP contribution in [0.2, 0.25) is 0 Å². The number of carboxylic acid groups (broad SMARTS) is 1. The lowest BCUT2D eigenvalue weighted by atomic mass is 9.80. The molecule has 2 rings (SSSR count). The van der Waals surface area contributed by atoms with Gasteiger partial charge in [0.25, 0.3) is 0 Å². The summed E-state index contributed by atoms with van der Waals surface area (Å²) in [5.74, 6) is -2.07.